The molecule has 1 saturated carbocycles. The lowest BCUT2D eigenvalue weighted by atomic mass is 10.2. The topological polar surface area (TPSA) is 20.3 Å². The van der Waals surface area contributed by atoms with Gasteiger partial charge in [0.05, 0.1) is 6.54 Å². The van der Waals surface area contributed by atoms with Crippen LogP contribution in [0.1, 0.15) is 17.7 Å². The number of carbonyl (C=O) groups excluding carboxylic acids is 1. The van der Waals surface area contributed by atoms with Crippen molar-refractivity contribution in [1.29, 1.82) is 0 Å². The highest BCUT2D eigenvalue weighted by molar-refractivity contribution is 7.16. The maximum Gasteiger partial charge on any atom is 0.255 e. The van der Waals surface area contributed by atoms with Crippen LogP contribution in [0.25, 0.3) is 16.5 Å². The Morgan fingerprint density at radius 2 is 2.00 bits per heavy atom. The highest BCUT2D eigenvalue weighted by atomic mass is 32.1. The lowest BCUT2D eigenvalue weighted by Gasteiger charge is -2.19. The normalized spacial score (nSPS) is 14.5. The van der Waals surface area contributed by atoms with E-state index >= 15 is 0 Å². The zero-order chi connectivity index (χ0) is 17.1. The first-order valence-corrected chi connectivity index (χ1v) is 8.48. The molecule has 3 rings (SSSR count). The van der Waals surface area contributed by atoms with Crippen molar-refractivity contribution in [3.63, 3.8) is 0 Å². The largest absolute Gasteiger partial charge is 0.330 e. The van der Waals surface area contributed by atoms with E-state index < -0.39 is 18.9 Å². The molecule has 1 aliphatic carbocycles. The third-order valence-electron chi connectivity index (χ3n) is 3.76. The van der Waals surface area contributed by atoms with Crippen molar-refractivity contribution in [3.8, 4) is 10.4 Å². The lowest BCUT2D eigenvalue weighted by Crippen LogP contribution is -2.35. The summed E-state index contributed by atoms with van der Waals surface area (Å²) < 4.78 is 38.9. The van der Waals surface area contributed by atoms with E-state index in [2.05, 4.69) is 0 Å². The van der Waals surface area contributed by atoms with Crippen LogP contribution in [-0.4, -0.2) is 29.8 Å². The van der Waals surface area contributed by atoms with Crippen LogP contribution in [0.15, 0.2) is 42.5 Å². The van der Waals surface area contributed by atoms with Crippen LogP contribution >= 0.6 is 11.3 Å². The van der Waals surface area contributed by atoms with Crippen molar-refractivity contribution in [2.24, 2.45) is 0 Å². The third kappa shape index (κ3) is 4.06. The molecule has 24 heavy (non-hydrogen) atoms. The Morgan fingerprint density at radius 3 is 2.67 bits per heavy atom. The first-order chi connectivity index (χ1) is 11.5. The Bertz CT molecular complexity index is 752. The second-order valence-corrected chi connectivity index (χ2v) is 6.74. The average molecular weight is 351 g/mol. The first kappa shape index (κ1) is 16.8. The van der Waals surface area contributed by atoms with Gasteiger partial charge < -0.3 is 4.90 Å². The first-order valence-electron chi connectivity index (χ1n) is 7.66. The van der Waals surface area contributed by atoms with Crippen molar-refractivity contribution in [1.82, 2.24) is 4.90 Å². The molecule has 1 aliphatic rings. The van der Waals surface area contributed by atoms with Crippen LogP contribution in [0.3, 0.4) is 0 Å². The second kappa shape index (κ2) is 7.21. The number of amides is 1. The van der Waals surface area contributed by atoms with Gasteiger partial charge in [0.25, 0.3) is 6.43 Å². The van der Waals surface area contributed by atoms with E-state index in [0.29, 0.717) is 5.56 Å². The minimum absolute atomic E-state index is 0.0616. The molecule has 126 valence electrons. The number of alkyl halides is 2. The number of nitrogens with zero attached hydrogens (tertiary/aromatic N) is 1. The Labute approximate surface area is 142 Å². The molecule has 1 aromatic carbocycles. The van der Waals surface area contributed by atoms with E-state index in [0.717, 1.165) is 22.6 Å². The summed E-state index contributed by atoms with van der Waals surface area (Å²) >= 11 is 1.35. The SMILES string of the molecule is O=C(/C=C/c1ccc(-c2ccccc2F)s1)N(CC(F)F)C1CC1. The zero-order valence-electron chi connectivity index (χ0n) is 12.8. The average Bonchev–Trinajstić information content (AvgIpc) is 3.29. The maximum atomic E-state index is 13.8. The minimum atomic E-state index is -2.53. The summed E-state index contributed by atoms with van der Waals surface area (Å²) in [7, 11) is 0. The molecule has 0 unspecified atom stereocenters. The Morgan fingerprint density at radius 1 is 1.25 bits per heavy atom. The standard InChI is InChI=1S/C18H16F3NOS/c19-15-4-2-1-3-14(15)16-9-7-13(24-16)8-10-18(23)22(11-17(20)21)12-5-6-12/h1-4,7-10,12,17H,5-6,11H2/b10-8+. The van der Waals surface area contributed by atoms with Crippen molar-refractivity contribution >= 4 is 23.3 Å². The molecule has 0 bridgehead atoms. The van der Waals surface area contributed by atoms with Gasteiger partial charge in [-0.1, -0.05) is 18.2 Å². The minimum Gasteiger partial charge on any atom is -0.330 e. The van der Waals surface area contributed by atoms with Crippen molar-refractivity contribution in [2.45, 2.75) is 25.3 Å². The molecule has 2 aromatic rings. The molecule has 1 amide bonds. The molecule has 6 heteroatoms. The molecule has 0 aliphatic heterocycles. The van der Waals surface area contributed by atoms with E-state index in [1.54, 1.807) is 36.4 Å². The summed E-state index contributed by atoms with van der Waals surface area (Å²) in [6, 6.07) is 9.98. The van der Waals surface area contributed by atoms with Gasteiger partial charge in [-0.3, -0.25) is 4.79 Å². The molecule has 0 saturated heterocycles. The monoisotopic (exact) mass is 351 g/mol. The molecule has 1 heterocycles. The van der Waals surface area contributed by atoms with Gasteiger partial charge in [0.2, 0.25) is 5.91 Å². The van der Waals surface area contributed by atoms with Gasteiger partial charge in [0.15, 0.2) is 0 Å². The molecule has 0 spiro atoms. The molecular formula is C18H16F3NOS. The van der Waals surface area contributed by atoms with Gasteiger partial charge >= 0.3 is 0 Å². The number of halogens is 3. The fourth-order valence-electron chi connectivity index (χ4n) is 2.45. The van der Waals surface area contributed by atoms with Crippen LogP contribution in [0, 0.1) is 5.82 Å². The Kier molecular flexibility index (Phi) is 5.04. The number of rotatable bonds is 6. The van der Waals surface area contributed by atoms with E-state index in [-0.39, 0.29) is 11.9 Å². The molecule has 1 aromatic heterocycles. The van der Waals surface area contributed by atoms with Crippen LogP contribution in [-0.2, 0) is 4.79 Å². The van der Waals surface area contributed by atoms with E-state index in [4.69, 9.17) is 0 Å². The number of thiophene rings is 1. The van der Waals surface area contributed by atoms with E-state index in [1.165, 1.54) is 28.4 Å². The van der Waals surface area contributed by atoms with Gasteiger partial charge in [0, 0.05) is 27.4 Å². The number of hydrogen-bond donors (Lipinski definition) is 0. The molecule has 2 nitrogen and oxygen atoms in total. The predicted octanol–water partition coefficient (Wildman–Crippen LogP) is 4.82. The maximum absolute atomic E-state index is 13.8. The van der Waals surface area contributed by atoms with Gasteiger partial charge in [-0.05, 0) is 37.1 Å². The summed E-state index contributed by atoms with van der Waals surface area (Å²) in [5.41, 5.74) is 0.505. The van der Waals surface area contributed by atoms with Crippen molar-refractivity contribution in [3.05, 3.63) is 53.2 Å². The fraction of sp³-hybridized carbons (Fsp3) is 0.278. The van der Waals surface area contributed by atoms with Gasteiger partial charge in [-0.2, -0.15) is 0 Å². The number of carbonyl (C=O) groups is 1. The zero-order valence-corrected chi connectivity index (χ0v) is 13.6. The highest BCUT2D eigenvalue weighted by Gasteiger charge is 2.33. The van der Waals surface area contributed by atoms with Gasteiger partial charge in [-0.15, -0.1) is 11.3 Å². The summed E-state index contributed by atoms with van der Waals surface area (Å²) in [5.74, 6) is -0.707. The van der Waals surface area contributed by atoms with Gasteiger partial charge in [0.1, 0.15) is 5.82 Å². The smallest absolute Gasteiger partial charge is 0.255 e. The van der Waals surface area contributed by atoms with Crippen molar-refractivity contribution in [2.75, 3.05) is 6.54 Å². The lowest BCUT2D eigenvalue weighted by molar-refractivity contribution is -0.128. The van der Waals surface area contributed by atoms with Crippen molar-refractivity contribution < 1.29 is 18.0 Å². The Balaban J connectivity index is 1.71. The summed E-state index contributed by atoms with van der Waals surface area (Å²) in [6.45, 7) is -0.529. The quantitative estimate of drug-likeness (QED) is 0.683. The number of benzene rings is 1. The fourth-order valence-corrected chi connectivity index (χ4v) is 3.39. The summed E-state index contributed by atoms with van der Waals surface area (Å²) in [6.07, 6.45) is 1.94. The van der Waals surface area contributed by atoms with Crippen LogP contribution in [0.2, 0.25) is 0 Å². The molecule has 1 fully saturated rings. The predicted molar refractivity (Wildman–Crippen MR) is 89.5 cm³/mol. The third-order valence-corrected chi connectivity index (χ3v) is 4.85. The van der Waals surface area contributed by atoms with Gasteiger partial charge in [-0.25, -0.2) is 13.2 Å². The van der Waals surface area contributed by atoms with Crippen LogP contribution < -0.4 is 0 Å². The molecular weight excluding hydrogens is 335 g/mol. The molecule has 0 N–H and O–H groups in total. The molecule has 0 atom stereocenters. The second-order valence-electron chi connectivity index (χ2n) is 5.63. The highest BCUT2D eigenvalue weighted by Crippen LogP contribution is 2.31. The summed E-state index contributed by atoms with van der Waals surface area (Å²) in [5, 5.41) is 0. The van der Waals surface area contributed by atoms with E-state index in [9.17, 15) is 18.0 Å². The van der Waals surface area contributed by atoms with Crippen LogP contribution in [0.4, 0.5) is 13.2 Å². The Hall–Kier alpha value is -2.08. The van der Waals surface area contributed by atoms with E-state index in [1.807, 2.05) is 0 Å². The van der Waals surface area contributed by atoms with Crippen LogP contribution in [0.5, 0.6) is 0 Å². The number of hydrogen-bond acceptors (Lipinski definition) is 2. The molecule has 0 radical (unpaired) electrons. The summed E-state index contributed by atoms with van der Waals surface area (Å²) in [4.78, 5) is 14.9.